The normalized spacial score (nSPS) is 28.6. The molecule has 0 spiro atoms. The summed E-state index contributed by atoms with van der Waals surface area (Å²) < 4.78 is 1.92. The summed E-state index contributed by atoms with van der Waals surface area (Å²) in [5.41, 5.74) is 2.23. The average molecular weight is 299 g/mol. The first kappa shape index (κ1) is 15.8. The number of halogens is 1. The number of aryl methyl sites for hydroxylation is 2. The minimum absolute atomic E-state index is 0.185. The van der Waals surface area contributed by atoms with Crippen molar-refractivity contribution in [3.05, 3.63) is 16.4 Å². The Kier molecular flexibility index (Phi) is 4.77. The van der Waals surface area contributed by atoms with E-state index < -0.39 is 0 Å². The molecule has 0 radical (unpaired) electrons. The van der Waals surface area contributed by atoms with Gasteiger partial charge in [-0.3, -0.25) is 9.58 Å². The molecule has 0 saturated carbocycles. The van der Waals surface area contributed by atoms with E-state index in [0.29, 0.717) is 6.04 Å². The van der Waals surface area contributed by atoms with E-state index >= 15 is 0 Å². The molecule has 1 N–H and O–H groups in total. The van der Waals surface area contributed by atoms with E-state index in [9.17, 15) is 0 Å². The molecule has 0 bridgehead atoms. The number of nitrogens with zero attached hydrogens (tertiary/aromatic N) is 3. The molecular formula is C15H27ClN4. The highest BCUT2D eigenvalue weighted by Crippen LogP contribution is 2.25. The van der Waals surface area contributed by atoms with Crippen LogP contribution in [0.15, 0.2) is 0 Å². The molecule has 0 aliphatic carbocycles. The Balaban J connectivity index is 2.21. The van der Waals surface area contributed by atoms with E-state index in [1.807, 2.05) is 18.7 Å². The first-order chi connectivity index (χ1) is 9.36. The van der Waals surface area contributed by atoms with E-state index in [1.165, 1.54) is 6.42 Å². The second-order valence-corrected chi connectivity index (χ2v) is 6.73. The lowest BCUT2D eigenvalue weighted by Crippen LogP contribution is -2.49. The third kappa shape index (κ3) is 3.18. The summed E-state index contributed by atoms with van der Waals surface area (Å²) in [5, 5.41) is 8.93. The smallest absolute Gasteiger partial charge is 0.0860 e. The molecule has 2 atom stereocenters. The fourth-order valence-electron chi connectivity index (χ4n) is 2.92. The zero-order valence-corrected chi connectivity index (χ0v) is 14.1. The first-order valence-electron chi connectivity index (χ1n) is 7.53. The van der Waals surface area contributed by atoms with Crippen LogP contribution in [0.25, 0.3) is 0 Å². The molecule has 2 rings (SSSR count). The van der Waals surface area contributed by atoms with Crippen LogP contribution >= 0.6 is 11.6 Å². The summed E-state index contributed by atoms with van der Waals surface area (Å²) in [7, 11) is 1.98. The quantitative estimate of drug-likeness (QED) is 0.931. The molecule has 1 aromatic rings. The lowest BCUT2D eigenvalue weighted by atomic mass is 9.98. The van der Waals surface area contributed by atoms with Crippen molar-refractivity contribution in [3.63, 3.8) is 0 Å². The molecule has 2 heterocycles. The molecule has 1 fully saturated rings. The number of rotatable bonds is 3. The zero-order chi connectivity index (χ0) is 14.9. The zero-order valence-electron chi connectivity index (χ0n) is 13.3. The van der Waals surface area contributed by atoms with Crippen LogP contribution in [0.2, 0.25) is 5.02 Å². The molecule has 114 valence electrons. The highest BCUT2D eigenvalue weighted by molar-refractivity contribution is 6.31. The number of nitrogens with one attached hydrogen (secondary N) is 1. The Morgan fingerprint density at radius 2 is 2.20 bits per heavy atom. The summed E-state index contributed by atoms with van der Waals surface area (Å²) in [6, 6.07) is 0.558. The van der Waals surface area contributed by atoms with Crippen molar-refractivity contribution in [3.8, 4) is 0 Å². The second-order valence-electron chi connectivity index (χ2n) is 6.35. The Morgan fingerprint density at radius 1 is 1.50 bits per heavy atom. The standard InChI is InChI=1S/C15H27ClN4/c1-6-15(4)10-20(11(2)7-8-17-15)9-13-14(16)12(3)18-19(13)5/h11,17H,6-10H2,1-5H3. The highest BCUT2D eigenvalue weighted by Gasteiger charge is 2.31. The molecule has 2 unspecified atom stereocenters. The van der Waals surface area contributed by atoms with Crippen molar-refractivity contribution in [1.82, 2.24) is 20.0 Å². The molecule has 1 saturated heterocycles. The average Bonchev–Trinajstić information content (AvgIpc) is 2.56. The van der Waals surface area contributed by atoms with Gasteiger partial charge in [-0.1, -0.05) is 18.5 Å². The van der Waals surface area contributed by atoms with Gasteiger partial charge in [0.15, 0.2) is 0 Å². The monoisotopic (exact) mass is 298 g/mol. The Labute approximate surface area is 127 Å². The van der Waals surface area contributed by atoms with E-state index in [0.717, 1.165) is 42.5 Å². The Morgan fingerprint density at radius 3 is 2.75 bits per heavy atom. The van der Waals surface area contributed by atoms with Gasteiger partial charge in [0.25, 0.3) is 0 Å². The van der Waals surface area contributed by atoms with Gasteiger partial charge in [0.2, 0.25) is 0 Å². The topological polar surface area (TPSA) is 33.1 Å². The van der Waals surface area contributed by atoms with Gasteiger partial charge in [0, 0.05) is 31.7 Å². The number of hydrogen-bond donors (Lipinski definition) is 1. The van der Waals surface area contributed by atoms with Gasteiger partial charge < -0.3 is 5.32 Å². The first-order valence-corrected chi connectivity index (χ1v) is 7.91. The van der Waals surface area contributed by atoms with Gasteiger partial charge in [-0.15, -0.1) is 0 Å². The molecule has 0 amide bonds. The van der Waals surface area contributed by atoms with Crippen LogP contribution in [0.4, 0.5) is 0 Å². The van der Waals surface area contributed by atoms with Crippen LogP contribution in [-0.2, 0) is 13.6 Å². The van der Waals surface area contributed by atoms with Crippen LogP contribution in [0.1, 0.15) is 45.0 Å². The van der Waals surface area contributed by atoms with E-state index in [2.05, 4.69) is 36.1 Å². The van der Waals surface area contributed by atoms with E-state index in [4.69, 9.17) is 11.6 Å². The van der Waals surface area contributed by atoms with E-state index in [-0.39, 0.29) is 5.54 Å². The predicted octanol–water partition coefficient (Wildman–Crippen LogP) is 2.73. The second kappa shape index (κ2) is 6.04. The van der Waals surface area contributed by atoms with Gasteiger partial charge in [0.05, 0.1) is 16.4 Å². The largest absolute Gasteiger partial charge is 0.310 e. The third-order valence-electron chi connectivity index (χ3n) is 4.68. The predicted molar refractivity (Wildman–Crippen MR) is 84.1 cm³/mol. The Hall–Kier alpha value is -0.580. The van der Waals surface area contributed by atoms with Gasteiger partial charge in [-0.2, -0.15) is 5.10 Å². The van der Waals surface area contributed by atoms with Crippen LogP contribution in [-0.4, -0.2) is 39.4 Å². The minimum atomic E-state index is 0.185. The summed E-state index contributed by atoms with van der Waals surface area (Å²) in [6.45, 7) is 11.8. The van der Waals surface area contributed by atoms with Crippen molar-refractivity contribution >= 4 is 11.6 Å². The van der Waals surface area contributed by atoms with Crippen molar-refractivity contribution in [1.29, 1.82) is 0 Å². The lowest BCUT2D eigenvalue weighted by Gasteiger charge is -2.34. The highest BCUT2D eigenvalue weighted by atomic mass is 35.5. The summed E-state index contributed by atoms with van der Waals surface area (Å²) in [6.07, 6.45) is 2.30. The molecule has 20 heavy (non-hydrogen) atoms. The summed E-state index contributed by atoms with van der Waals surface area (Å²) in [5.74, 6) is 0. The maximum atomic E-state index is 6.40. The maximum absolute atomic E-state index is 6.40. The fourth-order valence-corrected chi connectivity index (χ4v) is 3.14. The van der Waals surface area contributed by atoms with Gasteiger partial charge >= 0.3 is 0 Å². The molecule has 1 aliphatic heterocycles. The van der Waals surface area contributed by atoms with Crippen molar-refractivity contribution < 1.29 is 0 Å². The summed E-state index contributed by atoms with van der Waals surface area (Å²) in [4.78, 5) is 2.53. The van der Waals surface area contributed by atoms with E-state index in [1.54, 1.807) is 0 Å². The number of aromatic nitrogens is 2. The van der Waals surface area contributed by atoms with Crippen LogP contribution in [0.5, 0.6) is 0 Å². The van der Waals surface area contributed by atoms with Crippen LogP contribution in [0.3, 0.4) is 0 Å². The molecule has 1 aromatic heterocycles. The molecule has 5 heteroatoms. The van der Waals surface area contributed by atoms with Crippen LogP contribution in [0, 0.1) is 6.92 Å². The minimum Gasteiger partial charge on any atom is -0.310 e. The number of hydrogen-bond acceptors (Lipinski definition) is 3. The fraction of sp³-hybridized carbons (Fsp3) is 0.800. The third-order valence-corrected chi connectivity index (χ3v) is 5.18. The SMILES string of the molecule is CCC1(C)CN(Cc2c(Cl)c(C)nn2C)C(C)CCN1. The van der Waals surface area contributed by atoms with Crippen LogP contribution < -0.4 is 5.32 Å². The van der Waals surface area contributed by atoms with Gasteiger partial charge in [0.1, 0.15) is 0 Å². The maximum Gasteiger partial charge on any atom is 0.0860 e. The molecule has 4 nitrogen and oxygen atoms in total. The van der Waals surface area contributed by atoms with Gasteiger partial charge in [-0.25, -0.2) is 0 Å². The summed E-state index contributed by atoms with van der Waals surface area (Å²) >= 11 is 6.40. The Bertz CT molecular complexity index is 471. The van der Waals surface area contributed by atoms with Crippen molar-refractivity contribution in [2.45, 2.75) is 58.7 Å². The molecule has 0 aromatic carbocycles. The molecular weight excluding hydrogens is 272 g/mol. The lowest BCUT2D eigenvalue weighted by molar-refractivity contribution is 0.160. The molecule has 1 aliphatic rings. The van der Waals surface area contributed by atoms with Gasteiger partial charge in [-0.05, 0) is 40.2 Å². The van der Waals surface area contributed by atoms with Crippen molar-refractivity contribution in [2.24, 2.45) is 7.05 Å². The van der Waals surface area contributed by atoms with Crippen molar-refractivity contribution in [2.75, 3.05) is 13.1 Å².